The summed E-state index contributed by atoms with van der Waals surface area (Å²) in [6, 6.07) is 16.9. The maximum Gasteiger partial charge on any atom is 0.416 e. The molecule has 2 heterocycles. The number of rotatable bonds is 8. The monoisotopic (exact) mass is 482 g/mol. The highest BCUT2D eigenvalue weighted by Gasteiger charge is 2.30. The Kier molecular flexibility index (Phi) is 7.11. The number of carbonyl (C=O) groups is 1. The molecule has 2 aromatic heterocycles. The van der Waals surface area contributed by atoms with Gasteiger partial charge in [-0.1, -0.05) is 18.2 Å². The molecule has 0 spiro atoms. The van der Waals surface area contributed by atoms with Gasteiger partial charge in [-0.2, -0.15) is 18.3 Å². The van der Waals surface area contributed by atoms with Crippen molar-refractivity contribution in [2.45, 2.75) is 12.3 Å². The number of ether oxygens (including phenoxy) is 1. The average Bonchev–Trinajstić information content (AvgIpc) is 3.32. The summed E-state index contributed by atoms with van der Waals surface area (Å²) in [5, 5.41) is 17.4. The van der Waals surface area contributed by atoms with Crippen molar-refractivity contribution in [3.8, 4) is 22.7 Å². The Bertz CT molecular complexity index is 1260. The molecule has 35 heavy (non-hydrogen) atoms. The van der Waals surface area contributed by atoms with Gasteiger partial charge in [0, 0.05) is 30.7 Å². The molecule has 4 aromatic rings. The van der Waals surface area contributed by atoms with E-state index in [2.05, 4.69) is 15.4 Å². The second kappa shape index (κ2) is 10.4. The van der Waals surface area contributed by atoms with Gasteiger partial charge >= 0.3 is 6.18 Å². The number of amides is 1. The third-order valence-electron chi connectivity index (χ3n) is 5.04. The zero-order valence-electron chi connectivity index (χ0n) is 18.3. The minimum atomic E-state index is -4.44. The Morgan fingerprint density at radius 3 is 2.46 bits per heavy atom. The first-order valence-electron chi connectivity index (χ1n) is 10.6. The van der Waals surface area contributed by atoms with Crippen LogP contribution in [0.1, 0.15) is 15.9 Å². The summed E-state index contributed by atoms with van der Waals surface area (Å²) in [6.07, 6.45) is -0.720. The Morgan fingerprint density at radius 1 is 1.06 bits per heavy atom. The molecular formula is C25H21F3N4O3. The van der Waals surface area contributed by atoms with Gasteiger partial charge in [0.2, 0.25) is 0 Å². The Balaban J connectivity index is 1.41. The minimum absolute atomic E-state index is 0.136. The van der Waals surface area contributed by atoms with Crippen LogP contribution >= 0.6 is 0 Å². The number of para-hydroxylation sites is 1. The number of halogens is 3. The second-order valence-electron chi connectivity index (χ2n) is 7.61. The number of nitrogens with zero attached hydrogens (tertiary/aromatic N) is 3. The van der Waals surface area contributed by atoms with E-state index < -0.39 is 23.8 Å². The SMILES string of the molecule is O=C(NCC(O)COc1ccc(C(F)(F)F)cc1)c1cn(-c2ccccc2)nc1-c1cccnc1. The number of aromatic nitrogens is 3. The number of hydrogen-bond acceptors (Lipinski definition) is 5. The van der Waals surface area contributed by atoms with Gasteiger partial charge < -0.3 is 15.2 Å². The Hall–Kier alpha value is -4.18. The molecule has 2 N–H and O–H groups in total. The molecule has 180 valence electrons. The molecule has 1 unspecified atom stereocenters. The van der Waals surface area contributed by atoms with Crippen molar-refractivity contribution in [3.63, 3.8) is 0 Å². The summed E-state index contributed by atoms with van der Waals surface area (Å²) in [5.41, 5.74) is 1.34. The van der Waals surface area contributed by atoms with E-state index in [9.17, 15) is 23.1 Å². The molecule has 1 amide bonds. The van der Waals surface area contributed by atoms with E-state index >= 15 is 0 Å². The van der Waals surface area contributed by atoms with Crippen molar-refractivity contribution < 1.29 is 27.8 Å². The highest BCUT2D eigenvalue weighted by Crippen LogP contribution is 2.30. The molecule has 0 radical (unpaired) electrons. The van der Waals surface area contributed by atoms with E-state index in [1.807, 2.05) is 30.3 Å². The molecule has 0 saturated carbocycles. The minimum Gasteiger partial charge on any atom is -0.491 e. The third kappa shape index (κ3) is 6.04. The predicted octanol–water partition coefficient (Wildman–Crippen LogP) is 4.12. The lowest BCUT2D eigenvalue weighted by Crippen LogP contribution is -2.35. The molecule has 0 aliphatic rings. The van der Waals surface area contributed by atoms with Gasteiger partial charge in [-0.05, 0) is 48.5 Å². The van der Waals surface area contributed by atoms with Crippen molar-refractivity contribution in [2.24, 2.45) is 0 Å². The third-order valence-corrected chi connectivity index (χ3v) is 5.04. The largest absolute Gasteiger partial charge is 0.491 e. The number of carbonyl (C=O) groups excluding carboxylic acids is 1. The highest BCUT2D eigenvalue weighted by molar-refractivity contribution is 5.99. The zero-order valence-corrected chi connectivity index (χ0v) is 18.3. The first-order valence-corrected chi connectivity index (χ1v) is 10.6. The Morgan fingerprint density at radius 2 is 1.80 bits per heavy atom. The predicted molar refractivity (Wildman–Crippen MR) is 122 cm³/mol. The van der Waals surface area contributed by atoms with E-state index in [-0.39, 0.29) is 24.5 Å². The number of hydrogen-bond donors (Lipinski definition) is 2. The smallest absolute Gasteiger partial charge is 0.416 e. The molecule has 10 heteroatoms. The van der Waals surface area contributed by atoms with Crippen molar-refractivity contribution in [3.05, 3.63) is 96.4 Å². The summed E-state index contributed by atoms with van der Waals surface area (Å²) < 4.78 is 44.9. The summed E-state index contributed by atoms with van der Waals surface area (Å²) in [6.45, 7) is -0.354. The van der Waals surface area contributed by atoms with Crippen LogP contribution in [0.15, 0.2) is 85.3 Å². The topological polar surface area (TPSA) is 89.3 Å². The summed E-state index contributed by atoms with van der Waals surface area (Å²) in [4.78, 5) is 17.0. The average molecular weight is 482 g/mol. The lowest BCUT2D eigenvalue weighted by molar-refractivity contribution is -0.137. The van der Waals surface area contributed by atoms with E-state index in [0.29, 0.717) is 11.3 Å². The fourth-order valence-corrected chi connectivity index (χ4v) is 3.27. The van der Waals surface area contributed by atoms with Crippen LogP contribution < -0.4 is 10.1 Å². The van der Waals surface area contributed by atoms with Gasteiger partial charge in [0.1, 0.15) is 24.2 Å². The number of benzene rings is 2. The number of aliphatic hydroxyl groups is 1. The highest BCUT2D eigenvalue weighted by atomic mass is 19.4. The molecule has 0 aliphatic heterocycles. The molecule has 2 aromatic carbocycles. The molecule has 0 bridgehead atoms. The lowest BCUT2D eigenvalue weighted by Gasteiger charge is -2.14. The molecule has 0 saturated heterocycles. The lowest BCUT2D eigenvalue weighted by atomic mass is 10.1. The zero-order chi connectivity index (χ0) is 24.8. The normalized spacial score (nSPS) is 12.2. The fraction of sp³-hybridized carbons (Fsp3) is 0.160. The van der Waals surface area contributed by atoms with Crippen LogP contribution in [0.4, 0.5) is 13.2 Å². The van der Waals surface area contributed by atoms with Crippen LogP contribution in [0.2, 0.25) is 0 Å². The quantitative estimate of drug-likeness (QED) is 0.394. The molecule has 0 fully saturated rings. The maximum atomic E-state index is 13.0. The van der Waals surface area contributed by atoms with Gasteiger partial charge in [-0.15, -0.1) is 0 Å². The first kappa shape index (κ1) is 24.0. The molecule has 0 aliphatic carbocycles. The van der Waals surface area contributed by atoms with Gasteiger partial charge in [0.05, 0.1) is 16.8 Å². The van der Waals surface area contributed by atoms with Crippen molar-refractivity contribution in [1.29, 1.82) is 0 Å². The Labute approximate surface area is 198 Å². The van der Waals surface area contributed by atoms with Gasteiger partial charge in [-0.25, -0.2) is 4.68 Å². The summed E-state index contributed by atoms with van der Waals surface area (Å²) >= 11 is 0. The van der Waals surface area contributed by atoms with E-state index in [0.717, 1.165) is 17.8 Å². The molecule has 7 nitrogen and oxygen atoms in total. The number of aliphatic hydroxyl groups excluding tert-OH is 1. The molecular weight excluding hydrogens is 461 g/mol. The van der Waals surface area contributed by atoms with Gasteiger partial charge in [0.15, 0.2) is 0 Å². The van der Waals surface area contributed by atoms with E-state index in [4.69, 9.17) is 4.74 Å². The number of alkyl halides is 3. The van der Waals surface area contributed by atoms with Crippen LogP contribution in [-0.4, -0.2) is 45.0 Å². The second-order valence-corrected chi connectivity index (χ2v) is 7.61. The van der Waals surface area contributed by atoms with Gasteiger partial charge in [-0.3, -0.25) is 9.78 Å². The van der Waals surface area contributed by atoms with Crippen molar-refractivity contribution in [2.75, 3.05) is 13.2 Å². The molecule has 4 rings (SSSR count). The van der Waals surface area contributed by atoms with Crippen molar-refractivity contribution in [1.82, 2.24) is 20.1 Å². The van der Waals surface area contributed by atoms with Crippen LogP contribution in [0.5, 0.6) is 5.75 Å². The number of nitrogens with one attached hydrogen (secondary N) is 1. The van der Waals surface area contributed by atoms with Crippen LogP contribution in [0.25, 0.3) is 16.9 Å². The van der Waals surface area contributed by atoms with E-state index in [1.54, 1.807) is 35.4 Å². The summed E-state index contributed by atoms with van der Waals surface area (Å²) in [7, 11) is 0. The first-order chi connectivity index (χ1) is 16.8. The van der Waals surface area contributed by atoms with Crippen LogP contribution in [0.3, 0.4) is 0 Å². The maximum absolute atomic E-state index is 13.0. The van der Waals surface area contributed by atoms with Crippen molar-refractivity contribution >= 4 is 5.91 Å². The van der Waals surface area contributed by atoms with Crippen LogP contribution in [-0.2, 0) is 6.18 Å². The summed E-state index contributed by atoms with van der Waals surface area (Å²) in [5.74, 6) is -0.286. The standard InChI is InChI=1S/C25H21F3N4O3/c26-25(27,28)18-8-10-21(11-9-18)35-16-20(33)14-30-24(34)22-15-32(19-6-2-1-3-7-19)31-23(22)17-5-4-12-29-13-17/h1-13,15,20,33H,14,16H2,(H,30,34). The number of pyridine rings is 1. The molecule has 1 atom stereocenters. The van der Waals surface area contributed by atoms with E-state index in [1.165, 1.54) is 12.1 Å². The van der Waals surface area contributed by atoms with Gasteiger partial charge in [0.25, 0.3) is 5.91 Å². The van der Waals surface area contributed by atoms with Crippen LogP contribution in [0, 0.1) is 0 Å². The fourth-order valence-electron chi connectivity index (χ4n) is 3.27.